The fraction of sp³-hybridized carbons (Fsp3) is 0.0833. The zero-order valence-corrected chi connectivity index (χ0v) is 17.8. The Morgan fingerprint density at radius 2 is 1.75 bits per heavy atom. The van der Waals surface area contributed by atoms with E-state index in [0.29, 0.717) is 34.6 Å². The second-order valence-corrected chi connectivity index (χ2v) is 7.27. The molecule has 160 valence electrons. The number of anilines is 3. The molecule has 2 amide bonds. The lowest BCUT2D eigenvalue weighted by Gasteiger charge is -2.15. The van der Waals surface area contributed by atoms with E-state index in [2.05, 4.69) is 56.8 Å². The van der Waals surface area contributed by atoms with Gasteiger partial charge in [0.15, 0.2) is 0 Å². The number of nitrogens with zero attached hydrogens (tertiary/aromatic N) is 2. The lowest BCUT2D eigenvalue weighted by Crippen LogP contribution is -2.16. The second kappa shape index (κ2) is 9.45. The van der Waals surface area contributed by atoms with E-state index in [1.165, 1.54) is 6.33 Å². The molecule has 0 atom stereocenters. The van der Waals surface area contributed by atoms with Crippen molar-refractivity contribution >= 4 is 62.3 Å². The first kappa shape index (κ1) is 21.3. The summed E-state index contributed by atoms with van der Waals surface area (Å²) < 4.78 is 0. The lowest BCUT2D eigenvalue weighted by molar-refractivity contribution is -0.114. The normalized spacial score (nSPS) is 10.7. The summed E-state index contributed by atoms with van der Waals surface area (Å²) >= 11 is 5.62. The molecule has 0 saturated carbocycles. The number of carbonyl (C=O) groups excluding carboxylic acids is 2. The van der Waals surface area contributed by atoms with Crippen molar-refractivity contribution < 1.29 is 9.59 Å². The third-order valence-corrected chi connectivity index (χ3v) is 5.18. The molecular formula is C24H20ClN5O2. The Hall–Kier alpha value is -3.97. The Balaban J connectivity index is 1.71. The molecular weight excluding hydrogens is 426 g/mol. The Morgan fingerprint density at radius 1 is 0.969 bits per heavy atom. The van der Waals surface area contributed by atoms with Gasteiger partial charge in [0.2, 0.25) is 11.8 Å². The molecule has 3 aromatic carbocycles. The summed E-state index contributed by atoms with van der Waals surface area (Å²) in [5.41, 5.74) is 2.50. The maximum absolute atomic E-state index is 11.9. The van der Waals surface area contributed by atoms with Gasteiger partial charge in [0.1, 0.15) is 18.0 Å². The van der Waals surface area contributed by atoms with Crippen molar-refractivity contribution in [2.24, 2.45) is 0 Å². The van der Waals surface area contributed by atoms with Crippen LogP contribution in [0.2, 0.25) is 0 Å². The second-order valence-electron chi connectivity index (χ2n) is 7.00. The van der Waals surface area contributed by atoms with Crippen molar-refractivity contribution in [1.29, 1.82) is 0 Å². The summed E-state index contributed by atoms with van der Waals surface area (Å²) in [5, 5.41) is 11.8. The first-order valence-electron chi connectivity index (χ1n) is 9.87. The van der Waals surface area contributed by atoms with Crippen LogP contribution in [0.4, 0.5) is 17.2 Å². The van der Waals surface area contributed by atoms with Crippen LogP contribution in [0.15, 0.2) is 73.6 Å². The molecule has 0 unspecified atom stereocenters. The van der Waals surface area contributed by atoms with Gasteiger partial charge < -0.3 is 16.0 Å². The average molecular weight is 446 g/mol. The highest BCUT2D eigenvalue weighted by molar-refractivity contribution is 6.29. The molecule has 0 aliphatic heterocycles. The Kier molecular flexibility index (Phi) is 6.28. The van der Waals surface area contributed by atoms with Crippen molar-refractivity contribution in [1.82, 2.24) is 9.97 Å². The SMILES string of the molecule is C=CC(=O)Nc1cc2c(NCc3cccc4ccccc34)ncnc2cc1NC(=O)CCl. The number of benzene rings is 3. The fourth-order valence-electron chi connectivity index (χ4n) is 3.44. The van der Waals surface area contributed by atoms with Gasteiger partial charge in [-0.2, -0.15) is 0 Å². The molecule has 4 rings (SSSR count). The van der Waals surface area contributed by atoms with Gasteiger partial charge in [-0.1, -0.05) is 49.0 Å². The van der Waals surface area contributed by atoms with Gasteiger partial charge in [-0.05, 0) is 34.5 Å². The largest absolute Gasteiger partial charge is 0.365 e. The summed E-state index contributed by atoms with van der Waals surface area (Å²) in [5.74, 6) is -0.419. The van der Waals surface area contributed by atoms with Crippen LogP contribution in [0, 0.1) is 0 Å². The van der Waals surface area contributed by atoms with E-state index in [1.807, 2.05) is 18.2 Å². The van der Waals surface area contributed by atoms with Crippen LogP contribution in [-0.2, 0) is 16.1 Å². The van der Waals surface area contributed by atoms with Crippen molar-refractivity contribution in [2.75, 3.05) is 21.8 Å². The van der Waals surface area contributed by atoms with Gasteiger partial charge in [-0.15, -0.1) is 11.6 Å². The van der Waals surface area contributed by atoms with Gasteiger partial charge in [-0.3, -0.25) is 9.59 Å². The van der Waals surface area contributed by atoms with Gasteiger partial charge in [0.05, 0.1) is 16.9 Å². The highest BCUT2D eigenvalue weighted by atomic mass is 35.5. The Morgan fingerprint density at radius 3 is 2.56 bits per heavy atom. The van der Waals surface area contributed by atoms with E-state index in [9.17, 15) is 9.59 Å². The minimum atomic E-state index is -0.409. The number of carbonyl (C=O) groups is 2. The molecule has 0 fully saturated rings. The molecule has 1 aromatic heterocycles. The topological polar surface area (TPSA) is 96.0 Å². The standard InChI is InChI=1S/C24H20ClN5O2/c1-2-22(31)29-20-10-18-19(11-21(20)30-23(32)12-25)27-14-28-24(18)26-13-16-8-5-7-15-6-3-4-9-17(15)16/h2-11,14H,1,12-13H2,(H,29,31)(H,30,32)(H,26,27,28). The van der Waals surface area contributed by atoms with E-state index in [0.717, 1.165) is 22.4 Å². The zero-order valence-electron chi connectivity index (χ0n) is 17.1. The van der Waals surface area contributed by atoms with Crippen molar-refractivity contribution in [3.05, 3.63) is 79.1 Å². The molecule has 32 heavy (non-hydrogen) atoms. The number of fused-ring (bicyclic) bond motifs is 2. The molecule has 4 aromatic rings. The number of halogens is 1. The van der Waals surface area contributed by atoms with Gasteiger partial charge >= 0.3 is 0 Å². The number of alkyl halides is 1. The quantitative estimate of drug-likeness (QED) is 0.283. The summed E-state index contributed by atoms with van der Waals surface area (Å²) in [6, 6.07) is 17.7. The molecule has 3 N–H and O–H groups in total. The predicted molar refractivity (Wildman–Crippen MR) is 129 cm³/mol. The van der Waals surface area contributed by atoms with Crippen LogP contribution >= 0.6 is 11.6 Å². The molecule has 8 heteroatoms. The molecule has 0 spiro atoms. The molecule has 0 saturated heterocycles. The van der Waals surface area contributed by atoms with Gasteiger partial charge in [0, 0.05) is 11.9 Å². The van der Waals surface area contributed by atoms with Gasteiger partial charge in [0.25, 0.3) is 0 Å². The van der Waals surface area contributed by atoms with Crippen LogP contribution in [-0.4, -0.2) is 27.7 Å². The van der Waals surface area contributed by atoms with E-state index < -0.39 is 11.8 Å². The highest BCUT2D eigenvalue weighted by Gasteiger charge is 2.13. The number of nitrogens with one attached hydrogen (secondary N) is 3. The van der Waals surface area contributed by atoms with E-state index >= 15 is 0 Å². The number of amides is 2. The molecule has 1 heterocycles. The summed E-state index contributed by atoms with van der Waals surface area (Å²) in [7, 11) is 0. The van der Waals surface area contributed by atoms with Crippen molar-refractivity contribution in [3.63, 3.8) is 0 Å². The van der Waals surface area contributed by atoms with Crippen LogP contribution in [0.25, 0.3) is 21.7 Å². The fourth-order valence-corrected chi connectivity index (χ4v) is 3.51. The first-order valence-corrected chi connectivity index (χ1v) is 10.4. The van der Waals surface area contributed by atoms with E-state index in [4.69, 9.17) is 11.6 Å². The first-order chi connectivity index (χ1) is 15.6. The number of hydrogen-bond acceptors (Lipinski definition) is 5. The average Bonchev–Trinajstić information content (AvgIpc) is 2.82. The van der Waals surface area contributed by atoms with Gasteiger partial charge in [-0.25, -0.2) is 9.97 Å². The summed E-state index contributed by atoms with van der Waals surface area (Å²) in [4.78, 5) is 32.5. The van der Waals surface area contributed by atoms with Crippen LogP contribution in [0.1, 0.15) is 5.56 Å². The minimum absolute atomic E-state index is 0.214. The maximum Gasteiger partial charge on any atom is 0.247 e. The van der Waals surface area contributed by atoms with Crippen LogP contribution < -0.4 is 16.0 Å². The number of aromatic nitrogens is 2. The highest BCUT2D eigenvalue weighted by Crippen LogP contribution is 2.31. The molecule has 0 bridgehead atoms. The molecule has 0 aliphatic rings. The maximum atomic E-state index is 11.9. The van der Waals surface area contributed by atoms with Crippen LogP contribution in [0.3, 0.4) is 0 Å². The smallest absolute Gasteiger partial charge is 0.247 e. The lowest BCUT2D eigenvalue weighted by atomic mass is 10.0. The third-order valence-electron chi connectivity index (χ3n) is 4.94. The minimum Gasteiger partial charge on any atom is -0.365 e. The van der Waals surface area contributed by atoms with E-state index in [1.54, 1.807) is 12.1 Å². The van der Waals surface area contributed by atoms with Crippen molar-refractivity contribution in [2.45, 2.75) is 6.54 Å². The Bertz CT molecular complexity index is 1330. The summed E-state index contributed by atoms with van der Waals surface area (Å²) in [6.45, 7) is 4.02. The third kappa shape index (κ3) is 4.53. The van der Waals surface area contributed by atoms with Crippen molar-refractivity contribution in [3.8, 4) is 0 Å². The molecule has 0 radical (unpaired) electrons. The zero-order chi connectivity index (χ0) is 22.5. The summed E-state index contributed by atoms with van der Waals surface area (Å²) in [6.07, 6.45) is 2.60. The monoisotopic (exact) mass is 445 g/mol. The van der Waals surface area contributed by atoms with Crippen LogP contribution in [0.5, 0.6) is 0 Å². The Labute approximate surface area is 189 Å². The predicted octanol–water partition coefficient (Wildman–Crippen LogP) is 4.70. The number of rotatable bonds is 7. The number of hydrogen-bond donors (Lipinski definition) is 3. The van der Waals surface area contributed by atoms with E-state index in [-0.39, 0.29) is 5.88 Å². The molecule has 0 aliphatic carbocycles. The molecule has 7 nitrogen and oxygen atoms in total.